The highest BCUT2D eigenvalue weighted by Gasteiger charge is 2.60. The van der Waals surface area contributed by atoms with Crippen molar-refractivity contribution in [3.63, 3.8) is 0 Å². The number of carbonyl (C=O) groups is 2. The van der Waals surface area contributed by atoms with Crippen LogP contribution in [0.3, 0.4) is 0 Å². The van der Waals surface area contributed by atoms with Gasteiger partial charge < -0.3 is 10.5 Å². The third-order valence-electron chi connectivity index (χ3n) is 6.35. The molecule has 8 heteroatoms. The van der Waals surface area contributed by atoms with Crippen LogP contribution in [0.1, 0.15) is 54.4 Å². The van der Waals surface area contributed by atoms with E-state index in [0.717, 1.165) is 38.2 Å². The molecular formula is C19H21ClN2O5. The van der Waals surface area contributed by atoms with Gasteiger partial charge in [-0.3, -0.25) is 19.7 Å². The average Bonchev–Trinajstić information content (AvgIpc) is 2.57. The van der Waals surface area contributed by atoms with Crippen LogP contribution in [0.4, 0.5) is 5.69 Å². The van der Waals surface area contributed by atoms with E-state index < -0.39 is 16.2 Å². The van der Waals surface area contributed by atoms with Crippen LogP contribution in [0, 0.1) is 27.4 Å². The van der Waals surface area contributed by atoms with E-state index in [1.165, 1.54) is 12.1 Å². The van der Waals surface area contributed by atoms with Crippen molar-refractivity contribution in [2.75, 3.05) is 0 Å². The minimum Gasteiger partial charge on any atom is -0.460 e. The number of primary amides is 1. The second kappa shape index (κ2) is 6.19. The number of esters is 1. The number of hydrogen-bond donors (Lipinski definition) is 1. The van der Waals surface area contributed by atoms with Crippen molar-refractivity contribution in [1.29, 1.82) is 0 Å². The van der Waals surface area contributed by atoms with Crippen LogP contribution in [0.15, 0.2) is 18.2 Å². The van der Waals surface area contributed by atoms with Gasteiger partial charge in [0.1, 0.15) is 6.61 Å². The maximum atomic E-state index is 12.9. The number of hydrogen-bond acceptors (Lipinski definition) is 5. The lowest BCUT2D eigenvalue weighted by Crippen LogP contribution is -2.56. The molecule has 2 atom stereocenters. The zero-order chi connectivity index (χ0) is 19.4. The van der Waals surface area contributed by atoms with Crippen LogP contribution in [0.5, 0.6) is 0 Å². The number of nitro groups is 1. The van der Waals surface area contributed by atoms with Crippen molar-refractivity contribution in [2.24, 2.45) is 23.0 Å². The minimum atomic E-state index is -0.748. The first kappa shape index (κ1) is 18.2. The fraction of sp³-hybridized carbons (Fsp3) is 0.579. The fourth-order valence-electron chi connectivity index (χ4n) is 5.70. The highest BCUT2D eigenvalue weighted by Crippen LogP contribution is 2.64. The van der Waals surface area contributed by atoms with Crippen molar-refractivity contribution in [3.05, 3.63) is 39.4 Å². The van der Waals surface area contributed by atoms with E-state index in [-0.39, 0.29) is 34.3 Å². The van der Waals surface area contributed by atoms with Gasteiger partial charge in [-0.15, -0.1) is 11.6 Å². The van der Waals surface area contributed by atoms with Gasteiger partial charge >= 0.3 is 5.97 Å². The molecule has 4 saturated carbocycles. The summed E-state index contributed by atoms with van der Waals surface area (Å²) in [6, 6.07) is 3.93. The first-order chi connectivity index (χ1) is 12.7. The van der Waals surface area contributed by atoms with Crippen molar-refractivity contribution >= 4 is 29.2 Å². The summed E-state index contributed by atoms with van der Waals surface area (Å²) in [5, 5.41) is 11.3. The Balaban J connectivity index is 1.52. The number of amides is 1. The molecule has 4 aliphatic rings. The van der Waals surface area contributed by atoms with Gasteiger partial charge in [0, 0.05) is 16.5 Å². The molecule has 4 aliphatic carbocycles. The molecular weight excluding hydrogens is 372 g/mol. The molecule has 0 saturated heterocycles. The van der Waals surface area contributed by atoms with Gasteiger partial charge in [0.15, 0.2) is 0 Å². The summed E-state index contributed by atoms with van der Waals surface area (Å²) >= 11 is 6.75. The van der Waals surface area contributed by atoms with Crippen LogP contribution in [-0.2, 0) is 16.1 Å². The van der Waals surface area contributed by atoms with Crippen LogP contribution in [0.25, 0.3) is 0 Å². The molecule has 0 aliphatic heterocycles. The van der Waals surface area contributed by atoms with E-state index in [1.807, 2.05) is 0 Å². The third kappa shape index (κ3) is 3.18. The largest absolute Gasteiger partial charge is 0.460 e. The number of nitro benzene ring substituents is 1. The Kier molecular flexibility index (Phi) is 4.18. The number of rotatable bonds is 5. The van der Waals surface area contributed by atoms with Crippen LogP contribution in [0.2, 0.25) is 0 Å². The van der Waals surface area contributed by atoms with Gasteiger partial charge in [-0.2, -0.15) is 0 Å². The van der Waals surface area contributed by atoms with Crippen LogP contribution >= 0.6 is 11.6 Å². The average molecular weight is 393 g/mol. The molecule has 2 N–H and O–H groups in total. The Bertz CT molecular complexity index is 825. The quantitative estimate of drug-likeness (QED) is 0.357. The smallest absolute Gasteiger partial charge is 0.312 e. The molecule has 4 fully saturated rings. The normalized spacial score (nSPS) is 33.7. The van der Waals surface area contributed by atoms with Crippen LogP contribution in [-0.4, -0.2) is 21.7 Å². The molecule has 0 spiro atoms. The summed E-state index contributed by atoms with van der Waals surface area (Å²) in [5.74, 6) is -0.140. The molecule has 0 aromatic heterocycles. The van der Waals surface area contributed by atoms with Crippen molar-refractivity contribution in [1.82, 2.24) is 0 Å². The zero-order valence-corrected chi connectivity index (χ0v) is 15.5. The summed E-state index contributed by atoms with van der Waals surface area (Å²) in [6.07, 6.45) is 5.25. The fourth-order valence-corrected chi connectivity index (χ4v) is 6.39. The number of alkyl halides is 1. The lowest BCUT2D eigenvalue weighted by atomic mass is 9.49. The molecule has 4 bridgehead atoms. The van der Waals surface area contributed by atoms with Gasteiger partial charge in [0.25, 0.3) is 5.69 Å². The minimum absolute atomic E-state index is 0.0435. The molecule has 144 valence electrons. The van der Waals surface area contributed by atoms with Gasteiger partial charge in [-0.05, 0) is 62.5 Å². The lowest BCUT2D eigenvalue weighted by molar-refractivity contribution is -0.385. The monoisotopic (exact) mass is 392 g/mol. The SMILES string of the molecule is NC(=O)c1ccc(COC(=O)C23C[C@H]4C[C@@H](CC(Cl)(C4)C2)C3)c([N+](=O)[O-])c1. The third-order valence-corrected chi connectivity index (χ3v) is 6.79. The summed E-state index contributed by atoms with van der Waals surface area (Å²) in [4.78, 5) is 34.6. The Morgan fingerprint density at radius 3 is 2.48 bits per heavy atom. The first-order valence-corrected chi connectivity index (χ1v) is 9.51. The molecule has 0 heterocycles. The molecule has 0 radical (unpaired) electrons. The number of benzene rings is 1. The standard InChI is InChI=1S/C19H21ClN2O5/c20-19-7-11-3-12(8-19)6-18(5-11,10-19)17(24)27-9-14-2-1-13(16(21)23)4-15(14)22(25)26/h1-2,4,11-12H,3,5-10H2,(H2,21,23)/t11-,12-,18?,19?/m1/s1. The molecule has 7 nitrogen and oxygen atoms in total. The maximum absolute atomic E-state index is 12.9. The molecule has 27 heavy (non-hydrogen) atoms. The van der Waals surface area contributed by atoms with E-state index in [9.17, 15) is 19.7 Å². The van der Waals surface area contributed by atoms with E-state index >= 15 is 0 Å². The zero-order valence-electron chi connectivity index (χ0n) is 14.8. The highest BCUT2D eigenvalue weighted by molar-refractivity contribution is 6.24. The predicted molar refractivity (Wildman–Crippen MR) is 97.1 cm³/mol. The van der Waals surface area contributed by atoms with Gasteiger partial charge in [0.2, 0.25) is 5.91 Å². The summed E-state index contributed by atoms with van der Waals surface area (Å²) in [6.45, 7) is -0.208. The number of carbonyl (C=O) groups excluding carboxylic acids is 2. The summed E-state index contributed by atoms with van der Waals surface area (Å²) in [7, 11) is 0. The Labute approximate surface area is 161 Å². The molecule has 1 amide bonds. The Hall–Kier alpha value is -2.15. The molecule has 1 aromatic rings. The maximum Gasteiger partial charge on any atom is 0.312 e. The topological polar surface area (TPSA) is 113 Å². The van der Waals surface area contributed by atoms with Crippen molar-refractivity contribution in [2.45, 2.75) is 50.0 Å². The molecule has 5 rings (SSSR count). The second-order valence-corrected chi connectivity index (χ2v) is 9.24. The van der Waals surface area contributed by atoms with E-state index in [0.29, 0.717) is 18.3 Å². The van der Waals surface area contributed by atoms with Gasteiger partial charge in [-0.1, -0.05) is 0 Å². The summed E-state index contributed by atoms with van der Waals surface area (Å²) < 4.78 is 5.53. The highest BCUT2D eigenvalue weighted by atomic mass is 35.5. The van der Waals surface area contributed by atoms with E-state index in [2.05, 4.69) is 0 Å². The Morgan fingerprint density at radius 1 is 1.26 bits per heavy atom. The predicted octanol–water partition coefficient (Wildman–Crippen LogP) is 3.31. The number of nitrogens with zero attached hydrogens (tertiary/aromatic N) is 1. The van der Waals surface area contributed by atoms with E-state index in [4.69, 9.17) is 22.1 Å². The van der Waals surface area contributed by atoms with Crippen molar-refractivity contribution in [3.8, 4) is 0 Å². The number of nitrogens with two attached hydrogens (primary N) is 1. The van der Waals surface area contributed by atoms with Crippen LogP contribution < -0.4 is 5.73 Å². The molecule has 0 unspecified atom stereocenters. The number of ether oxygens (including phenoxy) is 1. The van der Waals surface area contributed by atoms with E-state index in [1.54, 1.807) is 0 Å². The number of halogens is 1. The van der Waals surface area contributed by atoms with Gasteiger partial charge in [0.05, 0.1) is 15.9 Å². The first-order valence-electron chi connectivity index (χ1n) is 9.13. The second-order valence-electron chi connectivity index (χ2n) is 8.43. The van der Waals surface area contributed by atoms with Gasteiger partial charge in [-0.25, -0.2) is 0 Å². The summed E-state index contributed by atoms with van der Waals surface area (Å²) in [5.41, 5.74) is 4.62. The molecule has 1 aromatic carbocycles. The van der Waals surface area contributed by atoms with Crippen molar-refractivity contribution < 1.29 is 19.2 Å². The lowest BCUT2D eigenvalue weighted by Gasteiger charge is -2.58. The Morgan fingerprint density at radius 2 is 1.93 bits per heavy atom.